The molecule has 0 spiro atoms. The second-order valence-corrected chi connectivity index (χ2v) is 1.92. The van der Waals surface area contributed by atoms with Gasteiger partial charge in [-0.15, -0.1) is 0 Å². The topological polar surface area (TPSA) is 15.3 Å². The van der Waals surface area contributed by atoms with E-state index in [1.165, 1.54) is 0 Å². The first kappa shape index (κ1) is 5.69. The van der Waals surface area contributed by atoms with Gasteiger partial charge in [-0.05, 0) is 12.2 Å². The second kappa shape index (κ2) is 2.77. The Morgan fingerprint density at radius 1 is 1.50 bits per heavy atom. The highest BCUT2D eigenvalue weighted by Crippen LogP contribution is 1.94. The van der Waals surface area contributed by atoms with Gasteiger partial charge in [-0.1, -0.05) is 15.9 Å². The number of allylic oxidation sites excluding steroid dienone is 2. The highest BCUT2D eigenvalue weighted by molar-refractivity contribution is 9.09. The summed E-state index contributed by atoms with van der Waals surface area (Å²) in [5.41, 5.74) is 3.80. The number of alkyl halides is 1. The van der Waals surface area contributed by atoms with Gasteiger partial charge >= 0.3 is 0 Å². The first-order valence-corrected chi connectivity index (χ1v) is 3.48. The van der Waals surface area contributed by atoms with E-state index in [1.54, 1.807) is 0 Å². The van der Waals surface area contributed by atoms with Crippen LogP contribution in [0.5, 0.6) is 0 Å². The number of hydrazine groups is 1. The fraction of sp³-hybridized carbons (Fsp3) is 0.200. The summed E-state index contributed by atoms with van der Waals surface area (Å²) in [5.74, 6) is 0. The highest BCUT2D eigenvalue weighted by atomic mass is 79.9. The summed E-state index contributed by atoms with van der Waals surface area (Å²) in [4.78, 5) is 0. The third kappa shape index (κ3) is 1.26. The molecular formula is C5H7BrN2. The van der Waals surface area contributed by atoms with Crippen LogP contribution in [0.25, 0.3) is 0 Å². The number of hydrogen-bond acceptors (Lipinski definition) is 2. The summed E-state index contributed by atoms with van der Waals surface area (Å²) in [6, 6.07) is 0. The molecule has 0 amide bonds. The molecule has 0 saturated carbocycles. The van der Waals surface area contributed by atoms with Crippen molar-refractivity contribution in [2.24, 2.45) is 0 Å². The molecule has 0 aromatic heterocycles. The Morgan fingerprint density at radius 3 is 2.75 bits per heavy atom. The average Bonchev–Trinajstić information content (AvgIpc) is 1.90. The molecule has 44 valence electrons. The van der Waals surface area contributed by atoms with Gasteiger partial charge in [-0.3, -0.25) is 5.01 Å². The maximum atomic E-state index is 3.29. The van der Waals surface area contributed by atoms with Crippen molar-refractivity contribution in [2.45, 2.75) is 0 Å². The van der Waals surface area contributed by atoms with E-state index >= 15 is 0 Å². The van der Waals surface area contributed by atoms with Crippen molar-refractivity contribution < 1.29 is 0 Å². The zero-order chi connectivity index (χ0) is 5.82. The molecule has 1 aliphatic rings. The van der Waals surface area contributed by atoms with Crippen molar-refractivity contribution >= 4 is 15.9 Å². The quantitative estimate of drug-likeness (QED) is 0.475. The van der Waals surface area contributed by atoms with Crippen molar-refractivity contribution in [3.05, 3.63) is 24.6 Å². The molecule has 2 nitrogen and oxygen atoms in total. The van der Waals surface area contributed by atoms with Crippen molar-refractivity contribution in [1.82, 2.24) is 10.4 Å². The van der Waals surface area contributed by atoms with Crippen molar-refractivity contribution in [3.63, 3.8) is 0 Å². The summed E-state index contributed by atoms with van der Waals surface area (Å²) in [5, 5.41) is 1.92. The van der Waals surface area contributed by atoms with Crippen LogP contribution in [0.2, 0.25) is 0 Å². The molecule has 0 aromatic rings. The largest absolute Gasteiger partial charge is 0.305 e. The second-order valence-electron chi connectivity index (χ2n) is 1.42. The molecule has 0 radical (unpaired) electrons. The Hall–Kier alpha value is -0.440. The molecule has 8 heavy (non-hydrogen) atoms. The molecular weight excluding hydrogens is 168 g/mol. The van der Waals surface area contributed by atoms with Crippen molar-refractivity contribution in [2.75, 3.05) is 5.45 Å². The molecule has 1 N–H and O–H groups in total. The molecule has 1 rings (SSSR count). The van der Waals surface area contributed by atoms with Crippen LogP contribution in [0, 0.1) is 0 Å². The third-order valence-electron chi connectivity index (χ3n) is 0.842. The molecule has 0 bridgehead atoms. The lowest BCUT2D eigenvalue weighted by Crippen LogP contribution is -2.28. The number of hydrogen-bond donors (Lipinski definition) is 1. The van der Waals surface area contributed by atoms with Gasteiger partial charge < -0.3 is 5.43 Å². The van der Waals surface area contributed by atoms with E-state index in [4.69, 9.17) is 0 Å². The molecule has 0 atom stereocenters. The maximum absolute atomic E-state index is 3.29. The monoisotopic (exact) mass is 174 g/mol. The van der Waals surface area contributed by atoms with Gasteiger partial charge in [-0.25, -0.2) is 0 Å². The van der Waals surface area contributed by atoms with Crippen LogP contribution in [0.3, 0.4) is 0 Å². The lowest BCUT2D eigenvalue weighted by atomic mass is 10.5. The lowest BCUT2D eigenvalue weighted by molar-refractivity contribution is 0.371. The number of nitrogens with one attached hydrogen (secondary N) is 1. The van der Waals surface area contributed by atoms with Crippen LogP contribution in [0.15, 0.2) is 24.6 Å². The van der Waals surface area contributed by atoms with Crippen LogP contribution in [-0.4, -0.2) is 10.5 Å². The van der Waals surface area contributed by atoms with Gasteiger partial charge in [0.05, 0.1) is 5.45 Å². The van der Waals surface area contributed by atoms with Crippen molar-refractivity contribution in [1.29, 1.82) is 0 Å². The van der Waals surface area contributed by atoms with Gasteiger partial charge in [-0.2, -0.15) is 0 Å². The SMILES string of the molecule is BrCN1C=CC=CN1. The summed E-state index contributed by atoms with van der Waals surface area (Å²) in [6.07, 6.45) is 7.74. The number of halogens is 1. The zero-order valence-electron chi connectivity index (χ0n) is 4.34. The Bertz CT molecular complexity index is 120. The maximum Gasteiger partial charge on any atom is 0.0937 e. The molecule has 1 aliphatic heterocycles. The van der Waals surface area contributed by atoms with E-state index in [2.05, 4.69) is 21.4 Å². The van der Waals surface area contributed by atoms with E-state index in [-0.39, 0.29) is 0 Å². The van der Waals surface area contributed by atoms with Gasteiger partial charge in [0.15, 0.2) is 0 Å². The van der Waals surface area contributed by atoms with Gasteiger partial charge in [0.25, 0.3) is 0 Å². The Kier molecular flexibility index (Phi) is 1.97. The summed E-state index contributed by atoms with van der Waals surface area (Å²) < 4.78 is 0. The highest BCUT2D eigenvalue weighted by Gasteiger charge is 1.90. The molecule has 0 unspecified atom stereocenters. The van der Waals surface area contributed by atoms with Gasteiger partial charge in [0.2, 0.25) is 0 Å². The van der Waals surface area contributed by atoms with Gasteiger partial charge in [0.1, 0.15) is 0 Å². The van der Waals surface area contributed by atoms with E-state index < -0.39 is 0 Å². The third-order valence-corrected chi connectivity index (χ3v) is 1.38. The summed E-state index contributed by atoms with van der Waals surface area (Å²) in [6.45, 7) is 0. The Labute approximate surface area is 57.0 Å². The fourth-order valence-corrected chi connectivity index (χ4v) is 0.777. The minimum Gasteiger partial charge on any atom is -0.305 e. The minimum absolute atomic E-state index is 0.813. The van der Waals surface area contributed by atoms with E-state index in [0.29, 0.717) is 0 Å². The first-order chi connectivity index (χ1) is 3.93. The van der Waals surface area contributed by atoms with Crippen LogP contribution >= 0.6 is 15.9 Å². The van der Waals surface area contributed by atoms with Gasteiger partial charge in [0, 0.05) is 12.4 Å². The summed E-state index contributed by atoms with van der Waals surface area (Å²) >= 11 is 3.29. The molecule has 0 fully saturated rings. The predicted octanol–water partition coefficient (Wildman–Crippen LogP) is 1.19. The van der Waals surface area contributed by atoms with E-state index in [9.17, 15) is 0 Å². The predicted molar refractivity (Wildman–Crippen MR) is 37.0 cm³/mol. The Morgan fingerprint density at radius 2 is 2.38 bits per heavy atom. The molecule has 1 heterocycles. The lowest BCUT2D eigenvalue weighted by Gasteiger charge is -2.18. The van der Waals surface area contributed by atoms with E-state index in [1.807, 2.05) is 29.6 Å². The molecule has 0 saturated heterocycles. The summed E-state index contributed by atoms with van der Waals surface area (Å²) in [7, 11) is 0. The molecule has 3 heteroatoms. The van der Waals surface area contributed by atoms with Crippen LogP contribution in [-0.2, 0) is 0 Å². The zero-order valence-corrected chi connectivity index (χ0v) is 5.93. The van der Waals surface area contributed by atoms with Crippen LogP contribution in [0.1, 0.15) is 0 Å². The minimum atomic E-state index is 0.813. The van der Waals surface area contributed by atoms with Crippen LogP contribution < -0.4 is 5.43 Å². The van der Waals surface area contributed by atoms with Crippen LogP contribution in [0.4, 0.5) is 0 Å². The normalized spacial score (nSPS) is 16.4. The molecule has 0 aliphatic carbocycles. The number of nitrogens with zero attached hydrogens (tertiary/aromatic N) is 1. The average molecular weight is 175 g/mol. The van der Waals surface area contributed by atoms with Crippen molar-refractivity contribution in [3.8, 4) is 0 Å². The Balaban J connectivity index is 2.40. The molecule has 0 aromatic carbocycles. The number of rotatable bonds is 1. The fourth-order valence-electron chi connectivity index (χ4n) is 0.465. The standard InChI is InChI=1S/C5H7BrN2/c6-5-8-4-2-1-3-7-8/h1-4,7H,5H2. The first-order valence-electron chi connectivity index (χ1n) is 2.35. The smallest absolute Gasteiger partial charge is 0.0937 e. The van der Waals surface area contributed by atoms with E-state index in [0.717, 1.165) is 5.45 Å².